The molecule has 1 aromatic carbocycles. The lowest BCUT2D eigenvalue weighted by Crippen LogP contribution is -2.40. The second-order valence-electron chi connectivity index (χ2n) is 6.52. The van der Waals surface area contributed by atoms with Crippen LogP contribution in [0.2, 0.25) is 0 Å². The first-order valence-corrected chi connectivity index (χ1v) is 8.27. The second kappa shape index (κ2) is 6.51. The molecule has 0 bridgehead atoms. The molecule has 0 spiro atoms. The summed E-state index contributed by atoms with van der Waals surface area (Å²) in [5, 5.41) is 9.05. The van der Waals surface area contributed by atoms with Crippen molar-refractivity contribution in [3.8, 4) is 0 Å². The zero-order chi connectivity index (χ0) is 15.5. The predicted molar refractivity (Wildman–Crippen MR) is 83.8 cm³/mol. The van der Waals surface area contributed by atoms with Gasteiger partial charge in [-0.1, -0.05) is 25.0 Å². The quantitative estimate of drug-likeness (QED) is 0.929. The van der Waals surface area contributed by atoms with Crippen molar-refractivity contribution in [1.82, 2.24) is 4.90 Å². The SMILES string of the molecule is O=C(O)c1cccc(CC(=O)N2CCCC2C2CCCC2)c1. The maximum atomic E-state index is 12.6. The molecule has 1 saturated heterocycles. The molecule has 4 nitrogen and oxygen atoms in total. The average molecular weight is 301 g/mol. The predicted octanol–water partition coefficient (Wildman–Crippen LogP) is 3.11. The van der Waals surface area contributed by atoms with E-state index in [-0.39, 0.29) is 11.5 Å². The number of hydrogen-bond donors (Lipinski definition) is 1. The van der Waals surface area contributed by atoms with Crippen LogP contribution < -0.4 is 0 Å². The number of likely N-dealkylation sites (tertiary alicyclic amines) is 1. The third-order valence-corrected chi connectivity index (χ3v) is 5.09. The summed E-state index contributed by atoms with van der Waals surface area (Å²) in [6, 6.07) is 7.14. The second-order valence-corrected chi connectivity index (χ2v) is 6.52. The number of carboxylic acid groups (broad SMARTS) is 1. The van der Waals surface area contributed by atoms with E-state index >= 15 is 0 Å². The van der Waals surface area contributed by atoms with Crippen molar-refractivity contribution in [2.24, 2.45) is 5.92 Å². The number of amides is 1. The van der Waals surface area contributed by atoms with Gasteiger partial charge in [0.25, 0.3) is 0 Å². The van der Waals surface area contributed by atoms with Crippen LogP contribution in [-0.2, 0) is 11.2 Å². The lowest BCUT2D eigenvalue weighted by Gasteiger charge is -2.29. The zero-order valence-corrected chi connectivity index (χ0v) is 12.8. The van der Waals surface area contributed by atoms with Crippen LogP contribution in [0, 0.1) is 5.92 Å². The van der Waals surface area contributed by atoms with Crippen molar-refractivity contribution in [2.45, 2.75) is 51.0 Å². The zero-order valence-electron chi connectivity index (χ0n) is 12.8. The molecule has 1 amide bonds. The molecule has 2 aliphatic rings. The molecule has 0 aromatic heterocycles. The summed E-state index contributed by atoms with van der Waals surface area (Å²) in [6.07, 6.45) is 7.64. The molecule has 1 aromatic rings. The van der Waals surface area contributed by atoms with Gasteiger partial charge in [0, 0.05) is 12.6 Å². The first kappa shape index (κ1) is 15.1. The van der Waals surface area contributed by atoms with Crippen molar-refractivity contribution in [2.75, 3.05) is 6.54 Å². The normalized spacial score (nSPS) is 22.2. The monoisotopic (exact) mass is 301 g/mol. The summed E-state index contributed by atoms with van der Waals surface area (Å²) < 4.78 is 0. The first-order chi connectivity index (χ1) is 10.6. The number of carboxylic acids is 1. The third kappa shape index (κ3) is 3.16. The maximum Gasteiger partial charge on any atom is 0.335 e. The van der Waals surface area contributed by atoms with Gasteiger partial charge in [-0.05, 0) is 49.3 Å². The minimum atomic E-state index is -0.945. The lowest BCUT2D eigenvalue weighted by atomic mass is 9.95. The molecule has 3 rings (SSSR count). The van der Waals surface area contributed by atoms with Crippen molar-refractivity contribution < 1.29 is 14.7 Å². The Balaban J connectivity index is 1.68. The van der Waals surface area contributed by atoms with Gasteiger partial charge in [0.05, 0.1) is 12.0 Å². The third-order valence-electron chi connectivity index (χ3n) is 5.09. The van der Waals surface area contributed by atoms with E-state index in [0.717, 1.165) is 24.9 Å². The Morgan fingerprint density at radius 2 is 1.91 bits per heavy atom. The number of rotatable bonds is 4. The van der Waals surface area contributed by atoms with Gasteiger partial charge in [-0.15, -0.1) is 0 Å². The van der Waals surface area contributed by atoms with Crippen molar-refractivity contribution >= 4 is 11.9 Å². The minimum Gasteiger partial charge on any atom is -0.478 e. The Morgan fingerprint density at radius 1 is 1.14 bits per heavy atom. The van der Waals surface area contributed by atoms with Crippen molar-refractivity contribution in [3.63, 3.8) is 0 Å². The van der Waals surface area contributed by atoms with E-state index in [1.165, 1.54) is 25.7 Å². The van der Waals surface area contributed by atoms with E-state index in [2.05, 4.69) is 4.90 Å². The van der Waals surface area contributed by atoms with E-state index in [4.69, 9.17) is 5.11 Å². The molecule has 1 unspecified atom stereocenters. The van der Waals surface area contributed by atoms with E-state index in [1.54, 1.807) is 18.2 Å². The van der Waals surface area contributed by atoms with Crippen molar-refractivity contribution in [1.29, 1.82) is 0 Å². The van der Waals surface area contributed by atoms with Gasteiger partial charge in [0.15, 0.2) is 0 Å². The Kier molecular flexibility index (Phi) is 4.46. The molecule has 0 radical (unpaired) electrons. The molecule has 2 fully saturated rings. The molecule has 22 heavy (non-hydrogen) atoms. The molecular formula is C18H23NO3. The highest BCUT2D eigenvalue weighted by Crippen LogP contribution is 2.35. The number of carbonyl (C=O) groups excluding carboxylic acids is 1. The molecule has 1 atom stereocenters. The van der Waals surface area contributed by atoms with Crippen LogP contribution in [0.1, 0.15) is 54.4 Å². The van der Waals surface area contributed by atoms with E-state index in [0.29, 0.717) is 18.4 Å². The summed E-state index contributed by atoms with van der Waals surface area (Å²) >= 11 is 0. The Bertz CT molecular complexity index is 563. The lowest BCUT2D eigenvalue weighted by molar-refractivity contribution is -0.132. The van der Waals surface area contributed by atoms with Crippen LogP contribution in [0.4, 0.5) is 0 Å². The van der Waals surface area contributed by atoms with Gasteiger partial charge in [0.1, 0.15) is 0 Å². The molecule has 118 valence electrons. The van der Waals surface area contributed by atoms with E-state index in [9.17, 15) is 9.59 Å². The van der Waals surface area contributed by atoms with E-state index in [1.807, 2.05) is 6.07 Å². The summed E-state index contributed by atoms with van der Waals surface area (Å²) in [4.78, 5) is 25.7. The first-order valence-electron chi connectivity index (χ1n) is 8.27. The molecule has 1 heterocycles. The molecule has 1 aliphatic heterocycles. The van der Waals surface area contributed by atoms with Gasteiger partial charge >= 0.3 is 5.97 Å². The average Bonchev–Trinajstić information content (AvgIpc) is 3.18. The fraction of sp³-hybridized carbons (Fsp3) is 0.556. The van der Waals surface area contributed by atoms with Gasteiger partial charge < -0.3 is 10.0 Å². The molecule has 4 heteroatoms. The fourth-order valence-corrected chi connectivity index (χ4v) is 4.02. The Hall–Kier alpha value is -1.84. The Labute approximate surface area is 131 Å². The fourth-order valence-electron chi connectivity index (χ4n) is 4.02. The summed E-state index contributed by atoms with van der Waals surface area (Å²) in [5.74, 6) is -0.118. The van der Waals surface area contributed by atoms with Gasteiger partial charge in [-0.25, -0.2) is 4.79 Å². The van der Waals surface area contributed by atoms with Crippen LogP contribution in [-0.4, -0.2) is 34.5 Å². The smallest absolute Gasteiger partial charge is 0.335 e. The highest BCUT2D eigenvalue weighted by atomic mass is 16.4. The van der Waals surface area contributed by atoms with E-state index < -0.39 is 5.97 Å². The van der Waals surface area contributed by atoms with Crippen LogP contribution in [0.15, 0.2) is 24.3 Å². The van der Waals surface area contributed by atoms with Gasteiger partial charge in [-0.3, -0.25) is 4.79 Å². The summed E-state index contributed by atoms with van der Waals surface area (Å²) in [6.45, 7) is 0.860. The number of benzene rings is 1. The molecule has 1 saturated carbocycles. The van der Waals surface area contributed by atoms with Crippen LogP contribution in [0.3, 0.4) is 0 Å². The van der Waals surface area contributed by atoms with Crippen LogP contribution in [0.25, 0.3) is 0 Å². The standard InChI is InChI=1S/C18H23NO3/c20-17(12-13-5-3-8-15(11-13)18(21)22)19-10-4-9-16(19)14-6-1-2-7-14/h3,5,8,11,14,16H,1-2,4,6-7,9-10,12H2,(H,21,22). The van der Waals surface area contributed by atoms with Crippen LogP contribution in [0.5, 0.6) is 0 Å². The Morgan fingerprint density at radius 3 is 2.64 bits per heavy atom. The van der Waals surface area contributed by atoms with Crippen LogP contribution >= 0.6 is 0 Å². The number of carbonyl (C=O) groups is 2. The number of hydrogen-bond acceptors (Lipinski definition) is 2. The largest absolute Gasteiger partial charge is 0.478 e. The highest BCUT2D eigenvalue weighted by molar-refractivity contribution is 5.88. The molecule has 1 aliphatic carbocycles. The van der Waals surface area contributed by atoms with Gasteiger partial charge in [-0.2, -0.15) is 0 Å². The topological polar surface area (TPSA) is 57.6 Å². The summed E-state index contributed by atoms with van der Waals surface area (Å²) in [5.41, 5.74) is 1.04. The summed E-state index contributed by atoms with van der Waals surface area (Å²) in [7, 11) is 0. The highest BCUT2D eigenvalue weighted by Gasteiger charge is 2.35. The van der Waals surface area contributed by atoms with Gasteiger partial charge in [0.2, 0.25) is 5.91 Å². The number of nitrogens with zero attached hydrogens (tertiary/aromatic N) is 1. The maximum absolute atomic E-state index is 12.6. The minimum absolute atomic E-state index is 0.150. The van der Waals surface area contributed by atoms with Crippen molar-refractivity contribution in [3.05, 3.63) is 35.4 Å². The number of aromatic carboxylic acids is 1. The molecule has 1 N–H and O–H groups in total. The molecular weight excluding hydrogens is 278 g/mol.